The molecule has 1 fully saturated rings. The van der Waals surface area contributed by atoms with Gasteiger partial charge >= 0.3 is 51.4 Å². The molecule has 0 saturated heterocycles. The Bertz CT molecular complexity index is 79.7. The van der Waals surface area contributed by atoms with E-state index >= 15 is 0 Å². The molecule has 1 rings (SSSR count). The minimum atomic E-state index is 0. The van der Waals surface area contributed by atoms with Crippen molar-refractivity contribution in [2.75, 3.05) is 6.54 Å². The molecule has 0 heterocycles. The van der Waals surface area contributed by atoms with Crippen LogP contribution in [0.15, 0.2) is 0 Å². The Morgan fingerprint density at radius 3 is 2.10 bits per heavy atom. The fourth-order valence-corrected chi connectivity index (χ4v) is 1.40. The average molecular weight is 166 g/mol. The van der Waals surface area contributed by atoms with E-state index < -0.39 is 0 Å². The molecule has 0 aromatic heterocycles. The van der Waals surface area contributed by atoms with E-state index in [0.29, 0.717) is 0 Å². The first-order valence-electron chi connectivity index (χ1n) is 3.74. The van der Waals surface area contributed by atoms with Crippen molar-refractivity contribution < 1.29 is 51.4 Å². The van der Waals surface area contributed by atoms with Gasteiger partial charge in [-0.3, -0.25) is 0 Å². The van der Waals surface area contributed by atoms with Crippen LogP contribution >= 0.6 is 0 Å². The van der Waals surface area contributed by atoms with E-state index in [1.165, 1.54) is 12.8 Å². The molecule has 0 radical (unpaired) electrons. The van der Waals surface area contributed by atoms with Crippen molar-refractivity contribution in [1.29, 1.82) is 0 Å². The minimum absolute atomic E-state index is 0. The van der Waals surface area contributed by atoms with E-state index in [-0.39, 0.29) is 57.4 Å². The zero-order chi connectivity index (χ0) is 6.69. The molecule has 0 amide bonds. The summed E-state index contributed by atoms with van der Waals surface area (Å²) in [5, 5.41) is 0. The van der Waals surface area contributed by atoms with Gasteiger partial charge in [-0.25, -0.2) is 0 Å². The fraction of sp³-hybridized carbons (Fsp3) is 1.00. The fourth-order valence-electron chi connectivity index (χ4n) is 1.40. The van der Waals surface area contributed by atoms with Gasteiger partial charge in [-0.1, -0.05) is 25.7 Å². The Morgan fingerprint density at radius 1 is 1.20 bits per heavy atom. The molecule has 0 aromatic rings. The van der Waals surface area contributed by atoms with E-state index in [1.807, 2.05) is 0 Å². The van der Waals surface area contributed by atoms with Crippen LogP contribution in [0.2, 0.25) is 0 Å². The molecule has 1 saturated carbocycles. The summed E-state index contributed by atoms with van der Waals surface area (Å²) < 4.78 is 0. The van der Waals surface area contributed by atoms with Crippen LogP contribution in [-0.2, 0) is 0 Å². The molecule has 3 heteroatoms. The maximum atomic E-state index is 7.40. The van der Waals surface area contributed by atoms with Crippen LogP contribution in [0, 0.1) is 5.92 Å². The van der Waals surface area contributed by atoms with Crippen molar-refractivity contribution in [3.63, 3.8) is 0 Å². The van der Waals surface area contributed by atoms with Gasteiger partial charge in [-0.05, 0) is 12.5 Å². The van der Waals surface area contributed by atoms with E-state index in [9.17, 15) is 0 Å². The Labute approximate surface area is 106 Å². The van der Waals surface area contributed by atoms with Crippen LogP contribution in [0.25, 0.3) is 5.73 Å². The van der Waals surface area contributed by atoms with Gasteiger partial charge in [-0.2, -0.15) is 0 Å². The quantitative estimate of drug-likeness (QED) is 0.477. The van der Waals surface area contributed by atoms with Gasteiger partial charge in [0.1, 0.15) is 0 Å². The van der Waals surface area contributed by atoms with Gasteiger partial charge in [0.25, 0.3) is 0 Å². The molecule has 0 unspecified atom stereocenters. The summed E-state index contributed by atoms with van der Waals surface area (Å²) in [6, 6.07) is 0.216. The standard InChI is InChI=1S/C7H15N2.K/c8-5-6-1-3-7(9)4-2-6;/h6-7,9H,1-5,8H2;/q-1;+1. The van der Waals surface area contributed by atoms with E-state index in [4.69, 9.17) is 11.5 Å². The molecular formula is C7H15KN2. The molecule has 0 aliphatic heterocycles. The number of rotatable bonds is 1. The predicted molar refractivity (Wildman–Crippen MR) is 39.1 cm³/mol. The Morgan fingerprint density at radius 2 is 1.70 bits per heavy atom. The van der Waals surface area contributed by atoms with Gasteiger partial charge < -0.3 is 11.5 Å². The second-order valence-electron chi connectivity index (χ2n) is 2.95. The molecule has 54 valence electrons. The van der Waals surface area contributed by atoms with Crippen molar-refractivity contribution in [3.05, 3.63) is 5.73 Å². The molecule has 1 aliphatic carbocycles. The van der Waals surface area contributed by atoms with Gasteiger partial charge in [0.05, 0.1) is 0 Å². The van der Waals surface area contributed by atoms with Crippen molar-refractivity contribution in [2.45, 2.75) is 31.7 Å². The molecule has 2 nitrogen and oxygen atoms in total. The number of nitrogens with two attached hydrogens (primary N) is 1. The third kappa shape index (κ3) is 3.81. The zero-order valence-electron chi connectivity index (χ0n) is 6.77. The normalized spacial score (nSPS) is 33.0. The summed E-state index contributed by atoms with van der Waals surface area (Å²) in [5.74, 6) is 0.728. The van der Waals surface area contributed by atoms with E-state index in [0.717, 1.165) is 25.3 Å². The second-order valence-corrected chi connectivity index (χ2v) is 2.95. The summed E-state index contributed by atoms with van der Waals surface area (Å²) in [7, 11) is 0. The van der Waals surface area contributed by atoms with Gasteiger partial charge in [-0.15, -0.1) is 6.04 Å². The summed E-state index contributed by atoms with van der Waals surface area (Å²) in [6.45, 7) is 0.826. The monoisotopic (exact) mass is 166 g/mol. The molecule has 0 aromatic carbocycles. The SMILES string of the molecule is [K+].[NH-]C1CCC(CN)CC1. The Hall–Kier alpha value is 1.56. The van der Waals surface area contributed by atoms with Gasteiger partial charge in [0, 0.05) is 0 Å². The minimum Gasteiger partial charge on any atom is -0.675 e. The third-order valence-corrected chi connectivity index (χ3v) is 2.18. The molecule has 1 aliphatic rings. The largest absolute Gasteiger partial charge is 1.00 e. The molecule has 0 atom stereocenters. The summed E-state index contributed by atoms with van der Waals surface area (Å²) in [5.41, 5.74) is 12.9. The van der Waals surface area contributed by atoms with Crippen LogP contribution in [0.1, 0.15) is 25.7 Å². The van der Waals surface area contributed by atoms with Crippen molar-refractivity contribution in [3.8, 4) is 0 Å². The average Bonchev–Trinajstić information content (AvgIpc) is 1.90. The summed E-state index contributed by atoms with van der Waals surface area (Å²) in [6.07, 6.45) is 4.51. The van der Waals surface area contributed by atoms with E-state index in [2.05, 4.69) is 0 Å². The Kier molecular flexibility index (Phi) is 7.07. The zero-order valence-corrected chi connectivity index (χ0v) is 9.89. The molecule has 10 heavy (non-hydrogen) atoms. The number of hydrogen-bond donors (Lipinski definition) is 1. The van der Waals surface area contributed by atoms with Crippen molar-refractivity contribution in [1.82, 2.24) is 0 Å². The maximum Gasteiger partial charge on any atom is 1.00 e. The Balaban J connectivity index is 0.000000810. The molecule has 0 bridgehead atoms. The topological polar surface area (TPSA) is 49.8 Å². The summed E-state index contributed by atoms with van der Waals surface area (Å²) >= 11 is 0. The van der Waals surface area contributed by atoms with Gasteiger partial charge in [0.2, 0.25) is 0 Å². The molecule has 0 spiro atoms. The number of nitrogens with one attached hydrogen (secondary N) is 1. The van der Waals surface area contributed by atoms with Crippen LogP contribution in [0.5, 0.6) is 0 Å². The van der Waals surface area contributed by atoms with E-state index in [1.54, 1.807) is 0 Å². The first-order chi connectivity index (χ1) is 4.33. The van der Waals surface area contributed by atoms with Crippen LogP contribution in [-0.4, -0.2) is 12.6 Å². The first kappa shape index (κ1) is 11.6. The van der Waals surface area contributed by atoms with Crippen molar-refractivity contribution in [2.24, 2.45) is 11.7 Å². The molecule has 3 N–H and O–H groups in total. The summed E-state index contributed by atoms with van der Waals surface area (Å²) in [4.78, 5) is 0. The van der Waals surface area contributed by atoms with Crippen molar-refractivity contribution >= 4 is 0 Å². The number of hydrogen-bond acceptors (Lipinski definition) is 1. The third-order valence-electron chi connectivity index (χ3n) is 2.18. The van der Waals surface area contributed by atoms with Crippen LogP contribution in [0.4, 0.5) is 0 Å². The second kappa shape index (κ2) is 6.11. The maximum absolute atomic E-state index is 7.40. The predicted octanol–water partition coefficient (Wildman–Crippen LogP) is -1.44. The van der Waals surface area contributed by atoms with Crippen LogP contribution < -0.4 is 57.1 Å². The smallest absolute Gasteiger partial charge is 0.675 e. The van der Waals surface area contributed by atoms with Gasteiger partial charge in [0.15, 0.2) is 0 Å². The first-order valence-corrected chi connectivity index (χ1v) is 3.74. The molecular weight excluding hydrogens is 151 g/mol. The van der Waals surface area contributed by atoms with Crippen LogP contribution in [0.3, 0.4) is 0 Å².